The minimum absolute atomic E-state index is 0.271. The molecule has 2 N–H and O–H groups in total. The lowest BCUT2D eigenvalue weighted by Gasteiger charge is -2.13. The number of anilines is 1. The lowest BCUT2D eigenvalue weighted by molar-refractivity contribution is 0.0595. The number of carbonyl (C=O) groups excluding carboxylic acids is 1. The second-order valence-electron chi connectivity index (χ2n) is 4.23. The second kappa shape index (κ2) is 7.19. The summed E-state index contributed by atoms with van der Waals surface area (Å²) in [4.78, 5) is 11.7. The van der Waals surface area contributed by atoms with E-state index in [0.29, 0.717) is 23.6 Å². The van der Waals surface area contributed by atoms with Gasteiger partial charge in [-0.1, -0.05) is 24.3 Å². The van der Waals surface area contributed by atoms with Crippen LogP contribution in [-0.4, -0.2) is 26.3 Å². The number of hydrogen-bond donors (Lipinski definition) is 1. The summed E-state index contributed by atoms with van der Waals surface area (Å²) >= 11 is 0. The average Bonchev–Trinajstić information content (AvgIpc) is 2.53. The maximum absolute atomic E-state index is 11.7. The van der Waals surface area contributed by atoms with Crippen molar-refractivity contribution >= 4 is 11.7 Å². The molecule has 0 fully saturated rings. The summed E-state index contributed by atoms with van der Waals surface area (Å²) in [5.41, 5.74) is 6.52. The van der Waals surface area contributed by atoms with Crippen LogP contribution in [-0.2, 0) is 4.74 Å². The molecule has 0 saturated heterocycles. The zero-order chi connectivity index (χ0) is 15.1. The molecule has 0 aromatic heterocycles. The molecule has 0 unspecified atom stereocenters. The Morgan fingerprint density at radius 1 is 1.00 bits per heavy atom. The van der Waals surface area contributed by atoms with Gasteiger partial charge in [0.25, 0.3) is 0 Å². The van der Waals surface area contributed by atoms with Gasteiger partial charge in [0.05, 0.1) is 12.8 Å². The third kappa shape index (κ3) is 3.89. The van der Waals surface area contributed by atoms with Crippen molar-refractivity contribution in [1.82, 2.24) is 0 Å². The van der Waals surface area contributed by atoms with E-state index in [1.165, 1.54) is 7.11 Å². The van der Waals surface area contributed by atoms with Crippen LogP contribution >= 0.6 is 0 Å². The Bertz CT molecular complexity index is 598. The maximum atomic E-state index is 11.7. The number of benzene rings is 2. The summed E-state index contributed by atoms with van der Waals surface area (Å²) < 4.78 is 15.8. The van der Waals surface area contributed by atoms with Crippen LogP contribution in [0.1, 0.15) is 10.4 Å². The Morgan fingerprint density at radius 3 is 2.43 bits per heavy atom. The molecule has 0 aliphatic rings. The minimum atomic E-state index is -0.485. The summed E-state index contributed by atoms with van der Waals surface area (Å²) in [5.74, 6) is 0.595. The molecule has 5 nitrogen and oxygen atoms in total. The molecule has 2 aromatic carbocycles. The molecular formula is C16H17NO4. The van der Waals surface area contributed by atoms with Crippen molar-refractivity contribution in [3.63, 3.8) is 0 Å². The Balaban J connectivity index is 1.95. The Hall–Kier alpha value is -2.69. The van der Waals surface area contributed by atoms with Crippen molar-refractivity contribution in [3.05, 3.63) is 54.1 Å². The summed E-state index contributed by atoms with van der Waals surface area (Å²) in [6.07, 6.45) is 0. The van der Waals surface area contributed by atoms with Gasteiger partial charge < -0.3 is 19.9 Å². The highest BCUT2D eigenvalue weighted by molar-refractivity contribution is 5.94. The number of nitrogen functional groups attached to an aromatic ring is 1. The first kappa shape index (κ1) is 14.7. The molecule has 0 amide bonds. The SMILES string of the molecule is COC(=O)c1cccc(N)c1OCCOc1ccccc1. The Kier molecular flexibility index (Phi) is 5.04. The number of para-hydroxylation sites is 2. The molecule has 0 bridgehead atoms. The van der Waals surface area contributed by atoms with E-state index in [2.05, 4.69) is 0 Å². The molecule has 2 aromatic rings. The van der Waals surface area contributed by atoms with Gasteiger partial charge in [-0.05, 0) is 24.3 Å². The van der Waals surface area contributed by atoms with Crippen LogP contribution in [0, 0.1) is 0 Å². The van der Waals surface area contributed by atoms with Gasteiger partial charge >= 0.3 is 5.97 Å². The summed E-state index contributed by atoms with van der Waals surface area (Å²) in [6.45, 7) is 0.617. The van der Waals surface area contributed by atoms with Crippen LogP contribution in [0.4, 0.5) is 5.69 Å². The number of esters is 1. The first-order chi connectivity index (χ1) is 10.2. The van der Waals surface area contributed by atoms with E-state index in [9.17, 15) is 4.79 Å². The van der Waals surface area contributed by atoms with Gasteiger partial charge in [0.15, 0.2) is 5.75 Å². The molecule has 0 saturated carbocycles. The van der Waals surface area contributed by atoms with Crippen molar-refractivity contribution in [2.45, 2.75) is 0 Å². The van der Waals surface area contributed by atoms with Crippen LogP contribution in [0.25, 0.3) is 0 Å². The van der Waals surface area contributed by atoms with Crippen LogP contribution < -0.4 is 15.2 Å². The highest BCUT2D eigenvalue weighted by atomic mass is 16.5. The van der Waals surface area contributed by atoms with E-state index in [-0.39, 0.29) is 6.61 Å². The predicted molar refractivity (Wildman–Crippen MR) is 79.6 cm³/mol. The van der Waals surface area contributed by atoms with Crippen LogP contribution in [0.5, 0.6) is 11.5 Å². The van der Waals surface area contributed by atoms with Gasteiger partial charge in [-0.2, -0.15) is 0 Å². The van der Waals surface area contributed by atoms with Gasteiger partial charge in [0, 0.05) is 0 Å². The van der Waals surface area contributed by atoms with E-state index in [1.54, 1.807) is 18.2 Å². The molecular weight excluding hydrogens is 270 g/mol. The van der Waals surface area contributed by atoms with E-state index in [1.807, 2.05) is 30.3 Å². The lowest BCUT2D eigenvalue weighted by Crippen LogP contribution is -2.13. The highest BCUT2D eigenvalue weighted by Crippen LogP contribution is 2.26. The highest BCUT2D eigenvalue weighted by Gasteiger charge is 2.15. The Labute approximate surface area is 123 Å². The fourth-order valence-electron chi connectivity index (χ4n) is 1.81. The normalized spacial score (nSPS) is 9.95. The molecule has 0 spiro atoms. The minimum Gasteiger partial charge on any atom is -0.490 e. The quantitative estimate of drug-likeness (QED) is 0.502. The topological polar surface area (TPSA) is 70.8 Å². The number of rotatable bonds is 6. The van der Waals surface area contributed by atoms with Gasteiger partial charge in [-0.3, -0.25) is 0 Å². The van der Waals surface area contributed by atoms with Crippen LogP contribution in [0.15, 0.2) is 48.5 Å². The molecule has 0 radical (unpaired) electrons. The number of carbonyl (C=O) groups is 1. The summed E-state index contributed by atoms with van der Waals surface area (Å²) in [7, 11) is 1.31. The molecule has 5 heteroatoms. The van der Waals surface area contributed by atoms with Crippen molar-refractivity contribution in [2.75, 3.05) is 26.1 Å². The number of nitrogens with two attached hydrogens (primary N) is 1. The smallest absolute Gasteiger partial charge is 0.341 e. The molecule has 110 valence electrons. The zero-order valence-electron chi connectivity index (χ0n) is 11.7. The van der Waals surface area contributed by atoms with Gasteiger partial charge in [-0.25, -0.2) is 4.79 Å². The van der Waals surface area contributed by atoms with Gasteiger partial charge in [0.1, 0.15) is 24.5 Å². The monoisotopic (exact) mass is 287 g/mol. The van der Waals surface area contributed by atoms with E-state index in [4.69, 9.17) is 19.9 Å². The third-order valence-corrected chi connectivity index (χ3v) is 2.79. The number of ether oxygens (including phenoxy) is 3. The van der Waals surface area contributed by atoms with Crippen molar-refractivity contribution in [1.29, 1.82) is 0 Å². The summed E-state index contributed by atoms with van der Waals surface area (Å²) in [6, 6.07) is 14.4. The van der Waals surface area contributed by atoms with Crippen molar-refractivity contribution < 1.29 is 19.0 Å². The fourth-order valence-corrected chi connectivity index (χ4v) is 1.81. The molecule has 0 aliphatic carbocycles. The van der Waals surface area contributed by atoms with Crippen LogP contribution in [0.3, 0.4) is 0 Å². The number of hydrogen-bond acceptors (Lipinski definition) is 5. The third-order valence-electron chi connectivity index (χ3n) is 2.79. The largest absolute Gasteiger partial charge is 0.490 e. The predicted octanol–water partition coefficient (Wildman–Crippen LogP) is 2.51. The summed E-state index contributed by atoms with van der Waals surface area (Å²) in [5, 5.41) is 0. The fraction of sp³-hybridized carbons (Fsp3) is 0.188. The van der Waals surface area contributed by atoms with Gasteiger partial charge in [-0.15, -0.1) is 0 Å². The van der Waals surface area contributed by atoms with Crippen LogP contribution in [0.2, 0.25) is 0 Å². The Morgan fingerprint density at radius 2 is 1.71 bits per heavy atom. The maximum Gasteiger partial charge on any atom is 0.341 e. The zero-order valence-corrected chi connectivity index (χ0v) is 11.7. The molecule has 2 rings (SSSR count). The molecule has 0 aliphatic heterocycles. The molecule has 0 heterocycles. The van der Waals surface area contributed by atoms with E-state index < -0.39 is 5.97 Å². The first-order valence-corrected chi connectivity index (χ1v) is 6.50. The lowest BCUT2D eigenvalue weighted by atomic mass is 10.2. The van der Waals surface area contributed by atoms with E-state index in [0.717, 1.165) is 5.75 Å². The molecule has 0 atom stereocenters. The average molecular weight is 287 g/mol. The number of methoxy groups -OCH3 is 1. The van der Waals surface area contributed by atoms with Gasteiger partial charge in [0.2, 0.25) is 0 Å². The first-order valence-electron chi connectivity index (χ1n) is 6.50. The van der Waals surface area contributed by atoms with Crippen molar-refractivity contribution in [3.8, 4) is 11.5 Å². The second-order valence-corrected chi connectivity index (χ2v) is 4.23. The molecule has 21 heavy (non-hydrogen) atoms. The standard InChI is InChI=1S/C16H17NO4/c1-19-16(18)13-8-5-9-14(17)15(13)21-11-10-20-12-6-3-2-4-7-12/h2-9H,10-11,17H2,1H3. The van der Waals surface area contributed by atoms with E-state index >= 15 is 0 Å². The van der Waals surface area contributed by atoms with Crippen molar-refractivity contribution in [2.24, 2.45) is 0 Å².